The van der Waals surface area contributed by atoms with Gasteiger partial charge in [-0.05, 0) is 31.2 Å². The Balaban J connectivity index is 0.00000176. The SMILES string of the molecule is Br.Cc1ccc(C#N)c(=O)n1-c1csc(-c2ccncc2)n1. The van der Waals surface area contributed by atoms with Crippen LogP contribution < -0.4 is 5.56 Å². The maximum atomic E-state index is 12.3. The van der Waals surface area contributed by atoms with Gasteiger partial charge < -0.3 is 0 Å². The van der Waals surface area contributed by atoms with E-state index in [-0.39, 0.29) is 28.1 Å². The van der Waals surface area contributed by atoms with Gasteiger partial charge in [-0.1, -0.05) is 0 Å². The van der Waals surface area contributed by atoms with Gasteiger partial charge >= 0.3 is 0 Å². The Morgan fingerprint density at radius 2 is 1.95 bits per heavy atom. The molecule has 5 nitrogen and oxygen atoms in total. The molecule has 22 heavy (non-hydrogen) atoms. The fourth-order valence-corrected chi connectivity index (χ4v) is 2.79. The second-order valence-electron chi connectivity index (χ2n) is 4.39. The molecule has 0 aliphatic carbocycles. The normalized spacial score (nSPS) is 9.82. The molecule has 0 bridgehead atoms. The number of pyridine rings is 2. The molecule has 7 heteroatoms. The maximum absolute atomic E-state index is 12.3. The van der Waals surface area contributed by atoms with Crippen molar-refractivity contribution in [2.24, 2.45) is 0 Å². The summed E-state index contributed by atoms with van der Waals surface area (Å²) in [6, 6.07) is 8.91. The van der Waals surface area contributed by atoms with Gasteiger partial charge in [-0.25, -0.2) is 4.98 Å². The molecule has 0 saturated heterocycles. The average molecular weight is 375 g/mol. The summed E-state index contributed by atoms with van der Waals surface area (Å²) < 4.78 is 1.46. The molecule has 0 aromatic carbocycles. The zero-order chi connectivity index (χ0) is 14.8. The number of halogens is 1. The van der Waals surface area contributed by atoms with Crippen molar-refractivity contribution in [3.63, 3.8) is 0 Å². The first-order valence-corrected chi connectivity index (χ1v) is 7.08. The fraction of sp³-hybridized carbons (Fsp3) is 0.0667. The van der Waals surface area contributed by atoms with Crippen molar-refractivity contribution >= 4 is 28.3 Å². The third kappa shape index (κ3) is 2.84. The molecular formula is C15H11BrN4OS. The van der Waals surface area contributed by atoms with Crippen LogP contribution in [0.4, 0.5) is 0 Å². The van der Waals surface area contributed by atoms with Gasteiger partial charge in [0.25, 0.3) is 5.56 Å². The van der Waals surface area contributed by atoms with Gasteiger partial charge in [0.2, 0.25) is 0 Å². The molecule has 3 rings (SSSR count). The van der Waals surface area contributed by atoms with Crippen LogP contribution >= 0.6 is 28.3 Å². The van der Waals surface area contributed by atoms with E-state index in [1.807, 2.05) is 30.5 Å². The second-order valence-corrected chi connectivity index (χ2v) is 5.25. The lowest BCUT2D eigenvalue weighted by Gasteiger charge is -2.06. The van der Waals surface area contributed by atoms with Crippen molar-refractivity contribution in [2.75, 3.05) is 0 Å². The van der Waals surface area contributed by atoms with Gasteiger partial charge in [0.15, 0.2) is 5.82 Å². The van der Waals surface area contributed by atoms with Gasteiger partial charge in [0.1, 0.15) is 16.6 Å². The Kier molecular flexibility index (Phi) is 4.85. The van der Waals surface area contributed by atoms with Crippen LogP contribution in [0.15, 0.2) is 46.8 Å². The molecule has 3 heterocycles. The molecule has 0 spiro atoms. The maximum Gasteiger partial charge on any atom is 0.274 e. The molecule has 0 atom stereocenters. The molecule has 3 aromatic rings. The zero-order valence-electron chi connectivity index (χ0n) is 11.6. The van der Waals surface area contributed by atoms with Crippen LogP contribution in [-0.2, 0) is 0 Å². The van der Waals surface area contributed by atoms with Crippen molar-refractivity contribution < 1.29 is 0 Å². The highest BCUT2D eigenvalue weighted by Crippen LogP contribution is 2.24. The molecule has 0 fully saturated rings. The Labute approximate surface area is 141 Å². The summed E-state index contributed by atoms with van der Waals surface area (Å²) in [5.41, 5.74) is 1.46. The summed E-state index contributed by atoms with van der Waals surface area (Å²) in [4.78, 5) is 20.7. The number of aromatic nitrogens is 3. The average Bonchev–Trinajstić information content (AvgIpc) is 2.98. The van der Waals surface area contributed by atoms with Gasteiger partial charge in [-0.3, -0.25) is 14.3 Å². The minimum absolute atomic E-state index is 0. The highest BCUT2D eigenvalue weighted by molar-refractivity contribution is 8.93. The lowest BCUT2D eigenvalue weighted by atomic mass is 10.2. The van der Waals surface area contributed by atoms with E-state index in [0.29, 0.717) is 5.82 Å². The minimum Gasteiger partial charge on any atom is -0.267 e. The molecule has 0 radical (unpaired) electrons. The van der Waals surface area contributed by atoms with Gasteiger partial charge in [-0.15, -0.1) is 28.3 Å². The van der Waals surface area contributed by atoms with Crippen LogP contribution in [0.25, 0.3) is 16.4 Å². The van der Waals surface area contributed by atoms with Crippen molar-refractivity contribution in [1.82, 2.24) is 14.5 Å². The first-order valence-electron chi connectivity index (χ1n) is 6.20. The highest BCUT2D eigenvalue weighted by Gasteiger charge is 2.12. The van der Waals surface area contributed by atoms with E-state index in [4.69, 9.17) is 5.26 Å². The molecule has 0 unspecified atom stereocenters. The summed E-state index contributed by atoms with van der Waals surface area (Å²) in [7, 11) is 0. The Hall–Kier alpha value is -2.30. The summed E-state index contributed by atoms with van der Waals surface area (Å²) in [6.07, 6.45) is 3.40. The topological polar surface area (TPSA) is 71.6 Å². The fourth-order valence-electron chi connectivity index (χ4n) is 2.00. The van der Waals surface area contributed by atoms with Crippen LogP contribution in [0.3, 0.4) is 0 Å². The largest absolute Gasteiger partial charge is 0.274 e. The van der Waals surface area contributed by atoms with Crippen LogP contribution in [0.5, 0.6) is 0 Å². The number of hydrogen-bond acceptors (Lipinski definition) is 5. The number of rotatable bonds is 2. The number of thiazole rings is 1. The molecule has 3 aromatic heterocycles. The quantitative estimate of drug-likeness (QED) is 0.690. The number of nitrogens with zero attached hydrogens (tertiary/aromatic N) is 4. The Morgan fingerprint density at radius 3 is 2.64 bits per heavy atom. The first-order chi connectivity index (χ1) is 10.2. The molecule has 0 N–H and O–H groups in total. The molecule has 110 valence electrons. The van der Waals surface area contributed by atoms with Crippen molar-refractivity contribution in [1.29, 1.82) is 5.26 Å². The van der Waals surface area contributed by atoms with E-state index in [1.165, 1.54) is 22.0 Å². The molecular weight excluding hydrogens is 364 g/mol. The van der Waals surface area contributed by atoms with Gasteiger partial charge in [0, 0.05) is 29.0 Å². The number of nitriles is 1. The summed E-state index contributed by atoms with van der Waals surface area (Å²) >= 11 is 1.45. The third-order valence-electron chi connectivity index (χ3n) is 3.05. The van der Waals surface area contributed by atoms with Crippen molar-refractivity contribution in [3.8, 4) is 22.5 Å². The zero-order valence-corrected chi connectivity index (χ0v) is 14.1. The van der Waals surface area contributed by atoms with E-state index in [0.717, 1.165) is 16.3 Å². The second kappa shape index (κ2) is 6.64. The van der Waals surface area contributed by atoms with Gasteiger partial charge in [-0.2, -0.15) is 5.26 Å². The lowest BCUT2D eigenvalue weighted by molar-refractivity contribution is 0.901. The summed E-state index contributed by atoms with van der Waals surface area (Å²) in [5.74, 6) is 0.534. The monoisotopic (exact) mass is 374 g/mol. The van der Waals surface area contributed by atoms with Crippen LogP contribution in [0.1, 0.15) is 11.3 Å². The first kappa shape index (κ1) is 16.1. The van der Waals surface area contributed by atoms with Gasteiger partial charge in [0.05, 0.1) is 0 Å². The predicted molar refractivity (Wildman–Crippen MR) is 90.7 cm³/mol. The van der Waals surface area contributed by atoms with Crippen LogP contribution in [-0.4, -0.2) is 14.5 Å². The third-order valence-corrected chi connectivity index (χ3v) is 3.93. The highest BCUT2D eigenvalue weighted by atomic mass is 79.9. The van der Waals surface area contributed by atoms with E-state index < -0.39 is 0 Å². The summed E-state index contributed by atoms with van der Waals surface area (Å²) in [6.45, 7) is 1.81. The standard InChI is InChI=1S/C15H10N4OS.BrH/c1-10-2-3-12(8-16)15(20)19(10)13-9-21-14(18-13)11-4-6-17-7-5-11;/h2-7,9H,1H3;1H. The van der Waals surface area contributed by atoms with Crippen molar-refractivity contribution in [2.45, 2.75) is 6.92 Å². The molecule has 0 saturated carbocycles. The van der Waals surface area contributed by atoms with Crippen LogP contribution in [0.2, 0.25) is 0 Å². The Morgan fingerprint density at radius 1 is 1.23 bits per heavy atom. The predicted octanol–water partition coefficient (Wildman–Crippen LogP) is 3.11. The van der Waals surface area contributed by atoms with E-state index in [2.05, 4.69) is 9.97 Å². The smallest absolute Gasteiger partial charge is 0.267 e. The molecule has 0 aliphatic rings. The van der Waals surface area contributed by atoms with E-state index in [9.17, 15) is 4.79 Å². The van der Waals surface area contributed by atoms with E-state index in [1.54, 1.807) is 18.5 Å². The number of hydrogen-bond donors (Lipinski definition) is 0. The van der Waals surface area contributed by atoms with E-state index >= 15 is 0 Å². The summed E-state index contributed by atoms with van der Waals surface area (Å²) in [5, 5.41) is 11.6. The number of aryl methyl sites for hydroxylation is 1. The minimum atomic E-state index is -0.343. The molecule has 0 aliphatic heterocycles. The van der Waals surface area contributed by atoms with Crippen molar-refractivity contribution in [3.05, 3.63) is 63.7 Å². The molecule has 0 amide bonds. The van der Waals surface area contributed by atoms with Crippen LogP contribution in [0, 0.1) is 18.3 Å². The Bertz CT molecular complexity index is 896. The lowest BCUT2D eigenvalue weighted by Crippen LogP contribution is -2.22.